The molecule has 92 valence electrons. The summed E-state index contributed by atoms with van der Waals surface area (Å²) in [7, 11) is 0. The first-order valence-corrected chi connectivity index (χ1v) is 6.54. The molecule has 0 aromatic heterocycles. The zero-order valence-electron chi connectivity index (χ0n) is 10.4. The van der Waals surface area contributed by atoms with Gasteiger partial charge in [0.25, 0.3) is 0 Å². The Morgan fingerprint density at radius 2 is 2.00 bits per heavy atom. The van der Waals surface area contributed by atoms with E-state index in [0.29, 0.717) is 6.61 Å². The van der Waals surface area contributed by atoms with Gasteiger partial charge in [-0.25, -0.2) is 0 Å². The maximum atomic E-state index is 11.7. The van der Waals surface area contributed by atoms with Gasteiger partial charge < -0.3 is 4.74 Å². The summed E-state index contributed by atoms with van der Waals surface area (Å²) in [4.78, 5) is 11.7. The highest BCUT2D eigenvalue weighted by atomic mass is 16.5. The molecule has 1 aromatic rings. The first-order chi connectivity index (χ1) is 8.33. The van der Waals surface area contributed by atoms with Crippen molar-refractivity contribution < 1.29 is 9.53 Å². The van der Waals surface area contributed by atoms with Crippen molar-refractivity contribution in [1.82, 2.24) is 0 Å². The molecule has 0 spiro atoms. The summed E-state index contributed by atoms with van der Waals surface area (Å²) >= 11 is 0. The van der Waals surface area contributed by atoms with Gasteiger partial charge in [0.05, 0.1) is 12.5 Å². The minimum atomic E-state index is -0.00467. The predicted octanol–water partition coefficient (Wildman–Crippen LogP) is 3.52. The van der Waals surface area contributed by atoms with Crippen LogP contribution in [-0.2, 0) is 9.53 Å². The second kappa shape index (κ2) is 5.85. The molecule has 0 aliphatic carbocycles. The lowest BCUT2D eigenvalue weighted by Crippen LogP contribution is -2.14. The lowest BCUT2D eigenvalue weighted by Gasteiger charge is -2.15. The minimum Gasteiger partial charge on any atom is -0.465 e. The summed E-state index contributed by atoms with van der Waals surface area (Å²) in [5, 5.41) is 0. The standard InChI is InChI=1S/C15H20O2/c1-2-3-5-10-13-14(11-17-15(13)16)12-8-6-4-7-9-12/h4,6-9,13-14H,2-3,5,10-11H2,1H3/t13-,14+/m0/s1. The van der Waals surface area contributed by atoms with E-state index in [-0.39, 0.29) is 17.8 Å². The Morgan fingerprint density at radius 3 is 2.71 bits per heavy atom. The molecule has 2 heteroatoms. The number of carbonyl (C=O) groups is 1. The Hall–Kier alpha value is -1.31. The molecule has 1 aromatic carbocycles. The van der Waals surface area contributed by atoms with Crippen molar-refractivity contribution in [3.8, 4) is 0 Å². The van der Waals surface area contributed by atoms with Crippen molar-refractivity contribution in [2.45, 2.75) is 38.5 Å². The summed E-state index contributed by atoms with van der Waals surface area (Å²) in [6, 6.07) is 10.3. The molecule has 0 radical (unpaired) electrons. The number of esters is 1. The molecule has 1 aliphatic heterocycles. The third-order valence-electron chi connectivity index (χ3n) is 3.54. The molecule has 1 heterocycles. The zero-order chi connectivity index (χ0) is 12.1. The Labute approximate surface area is 103 Å². The normalized spacial score (nSPS) is 23.7. The fraction of sp³-hybridized carbons (Fsp3) is 0.533. The molecular weight excluding hydrogens is 212 g/mol. The third-order valence-corrected chi connectivity index (χ3v) is 3.54. The van der Waals surface area contributed by atoms with E-state index in [1.54, 1.807) is 0 Å². The van der Waals surface area contributed by atoms with Gasteiger partial charge in [0.1, 0.15) is 0 Å². The van der Waals surface area contributed by atoms with Gasteiger partial charge in [0, 0.05) is 5.92 Å². The number of cyclic esters (lactones) is 1. The van der Waals surface area contributed by atoms with E-state index in [0.717, 1.165) is 12.8 Å². The first kappa shape index (κ1) is 12.2. The van der Waals surface area contributed by atoms with E-state index in [1.165, 1.54) is 18.4 Å². The molecule has 0 bridgehead atoms. The number of carbonyl (C=O) groups excluding carboxylic acids is 1. The van der Waals surface area contributed by atoms with Gasteiger partial charge in [-0.05, 0) is 12.0 Å². The van der Waals surface area contributed by atoms with Crippen molar-refractivity contribution in [1.29, 1.82) is 0 Å². The zero-order valence-corrected chi connectivity index (χ0v) is 10.4. The second-order valence-electron chi connectivity index (χ2n) is 4.75. The van der Waals surface area contributed by atoms with Crippen molar-refractivity contribution in [2.24, 2.45) is 5.92 Å². The molecule has 1 saturated heterocycles. The molecule has 0 saturated carbocycles. The highest BCUT2D eigenvalue weighted by molar-refractivity contribution is 5.76. The summed E-state index contributed by atoms with van der Waals surface area (Å²) in [6.07, 6.45) is 4.48. The molecule has 0 N–H and O–H groups in total. The van der Waals surface area contributed by atoms with Gasteiger partial charge in [0.2, 0.25) is 0 Å². The van der Waals surface area contributed by atoms with Crippen LogP contribution >= 0.6 is 0 Å². The first-order valence-electron chi connectivity index (χ1n) is 6.54. The number of unbranched alkanes of at least 4 members (excludes halogenated alkanes) is 2. The van der Waals surface area contributed by atoms with Gasteiger partial charge in [-0.3, -0.25) is 4.79 Å². The summed E-state index contributed by atoms with van der Waals surface area (Å²) < 4.78 is 5.22. The Bertz CT molecular complexity index is 358. The topological polar surface area (TPSA) is 26.3 Å². The van der Waals surface area contributed by atoms with Crippen LogP contribution in [-0.4, -0.2) is 12.6 Å². The Balaban J connectivity index is 2.03. The van der Waals surface area contributed by atoms with Gasteiger partial charge in [-0.2, -0.15) is 0 Å². The maximum Gasteiger partial charge on any atom is 0.309 e. The van der Waals surface area contributed by atoms with Gasteiger partial charge in [-0.15, -0.1) is 0 Å². The van der Waals surface area contributed by atoms with Crippen LogP contribution < -0.4 is 0 Å². The summed E-state index contributed by atoms with van der Waals surface area (Å²) in [5.74, 6) is 0.333. The van der Waals surface area contributed by atoms with Gasteiger partial charge in [-0.1, -0.05) is 56.5 Å². The fourth-order valence-electron chi connectivity index (χ4n) is 2.52. The summed E-state index contributed by atoms with van der Waals surface area (Å²) in [5.41, 5.74) is 1.24. The molecule has 1 aliphatic rings. The SMILES string of the molecule is CCCCC[C@@H]1C(=O)OC[C@@H]1c1ccccc1. The average Bonchev–Trinajstić information content (AvgIpc) is 2.73. The number of hydrogen-bond acceptors (Lipinski definition) is 2. The lowest BCUT2D eigenvalue weighted by molar-refractivity contribution is -0.141. The quantitative estimate of drug-likeness (QED) is 0.573. The van der Waals surface area contributed by atoms with Crippen LogP contribution in [0.4, 0.5) is 0 Å². The van der Waals surface area contributed by atoms with Crippen LogP contribution in [0.5, 0.6) is 0 Å². The van der Waals surface area contributed by atoms with E-state index in [9.17, 15) is 4.79 Å². The molecule has 17 heavy (non-hydrogen) atoms. The maximum absolute atomic E-state index is 11.7. The molecule has 2 nitrogen and oxygen atoms in total. The molecule has 0 amide bonds. The highest BCUT2D eigenvalue weighted by Crippen LogP contribution is 2.35. The fourth-order valence-corrected chi connectivity index (χ4v) is 2.52. The third kappa shape index (κ3) is 2.87. The minimum absolute atomic E-state index is 0.00467. The number of rotatable bonds is 5. The van der Waals surface area contributed by atoms with E-state index in [1.807, 2.05) is 18.2 Å². The molecule has 2 rings (SSSR count). The van der Waals surface area contributed by atoms with E-state index >= 15 is 0 Å². The van der Waals surface area contributed by atoms with E-state index in [4.69, 9.17) is 4.74 Å². The van der Waals surface area contributed by atoms with Crippen molar-refractivity contribution in [2.75, 3.05) is 6.61 Å². The van der Waals surface area contributed by atoms with Gasteiger partial charge >= 0.3 is 5.97 Å². The lowest BCUT2D eigenvalue weighted by atomic mass is 9.85. The predicted molar refractivity (Wildman–Crippen MR) is 67.8 cm³/mol. The number of hydrogen-bond donors (Lipinski definition) is 0. The highest BCUT2D eigenvalue weighted by Gasteiger charge is 2.36. The average molecular weight is 232 g/mol. The van der Waals surface area contributed by atoms with E-state index < -0.39 is 0 Å². The number of benzene rings is 1. The molecular formula is C15H20O2. The van der Waals surface area contributed by atoms with Crippen molar-refractivity contribution >= 4 is 5.97 Å². The van der Waals surface area contributed by atoms with Crippen molar-refractivity contribution in [3.63, 3.8) is 0 Å². The van der Waals surface area contributed by atoms with Crippen LogP contribution in [0.1, 0.15) is 44.1 Å². The van der Waals surface area contributed by atoms with Gasteiger partial charge in [0.15, 0.2) is 0 Å². The van der Waals surface area contributed by atoms with Crippen LogP contribution in [0, 0.1) is 5.92 Å². The monoisotopic (exact) mass is 232 g/mol. The van der Waals surface area contributed by atoms with Crippen LogP contribution in [0.25, 0.3) is 0 Å². The van der Waals surface area contributed by atoms with Crippen LogP contribution in [0.3, 0.4) is 0 Å². The molecule has 0 unspecified atom stereocenters. The summed E-state index contributed by atoms with van der Waals surface area (Å²) in [6.45, 7) is 2.74. The Morgan fingerprint density at radius 1 is 1.24 bits per heavy atom. The second-order valence-corrected chi connectivity index (χ2v) is 4.75. The smallest absolute Gasteiger partial charge is 0.309 e. The van der Waals surface area contributed by atoms with Crippen LogP contribution in [0.15, 0.2) is 30.3 Å². The largest absolute Gasteiger partial charge is 0.465 e. The Kier molecular flexibility index (Phi) is 4.18. The molecule has 1 fully saturated rings. The number of ether oxygens (including phenoxy) is 1. The van der Waals surface area contributed by atoms with E-state index in [2.05, 4.69) is 19.1 Å². The van der Waals surface area contributed by atoms with Crippen molar-refractivity contribution in [3.05, 3.63) is 35.9 Å². The van der Waals surface area contributed by atoms with Crippen LogP contribution in [0.2, 0.25) is 0 Å². The molecule has 2 atom stereocenters.